The molecule has 0 radical (unpaired) electrons. The van der Waals surface area contributed by atoms with E-state index in [4.69, 9.17) is 0 Å². The first-order chi connectivity index (χ1) is 13.2. The van der Waals surface area contributed by atoms with Gasteiger partial charge in [-0.2, -0.15) is 0 Å². The van der Waals surface area contributed by atoms with Crippen LogP contribution in [0, 0.1) is 6.92 Å². The van der Waals surface area contributed by atoms with Gasteiger partial charge < -0.3 is 0 Å². The number of aryl methyl sites for hydroxylation is 2. The summed E-state index contributed by atoms with van der Waals surface area (Å²) < 4.78 is 0. The van der Waals surface area contributed by atoms with E-state index >= 15 is 0 Å². The van der Waals surface area contributed by atoms with Gasteiger partial charge in [-0.05, 0) is 36.6 Å². The Balaban J connectivity index is 1.87. The normalized spacial score (nSPS) is 10.7. The summed E-state index contributed by atoms with van der Waals surface area (Å²) in [6.07, 6.45) is 4.62. The molecule has 132 valence electrons. The zero-order chi connectivity index (χ0) is 18.6. The third-order valence-electron chi connectivity index (χ3n) is 4.27. The second-order valence-electron chi connectivity index (χ2n) is 6.30. The van der Waals surface area contributed by atoms with Crippen LogP contribution < -0.4 is 0 Å². The summed E-state index contributed by atoms with van der Waals surface area (Å²) in [5.41, 5.74) is 4.64. The zero-order valence-corrected chi connectivity index (χ0v) is 15.3. The van der Waals surface area contributed by atoms with E-state index < -0.39 is 0 Å². The van der Waals surface area contributed by atoms with Crippen molar-refractivity contribution in [3.63, 3.8) is 0 Å². The fourth-order valence-corrected chi connectivity index (χ4v) is 2.69. The summed E-state index contributed by atoms with van der Waals surface area (Å²) in [5, 5.41) is 0. The van der Waals surface area contributed by atoms with Gasteiger partial charge in [-0.25, -0.2) is 15.0 Å². The first-order valence-corrected chi connectivity index (χ1v) is 8.93. The van der Waals surface area contributed by atoms with Crippen LogP contribution in [-0.4, -0.2) is 24.9 Å². The maximum Gasteiger partial charge on any atom is 0.182 e. The van der Waals surface area contributed by atoms with Gasteiger partial charge >= 0.3 is 0 Å². The minimum Gasteiger partial charge on any atom is -0.253 e. The van der Waals surface area contributed by atoms with Crippen LogP contribution in [0.5, 0.6) is 0 Å². The number of nitrogens with zero attached hydrogens (tertiary/aromatic N) is 5. The van der Waals surface area contributed by atoms with Crippen LogP contribution >= 0.6 is 0 Å². The molecule has 4 aromatic rings. The Morgan fingerprint density at radius 1 is 0.667 bits per heavy atom. The van der Waals surface area contributed by atoms with Gasteiger partial charge in [-0.1, -0.05) is 49.4 Å². The lowest BCUT2D eigenvalue weighted by Gasteiger charge is -2.08. The summed E-state index contributed by atoms with van der Waals surface area (Å²) in [4.78, 5) is 23.0. The van der Waals surface area contributed by atoms with Gasteiger partial charge in [0.1, 0.15) is 11.4 Å². The van der Waals surface area contributed by atoms with Crippen molar-refractivity contribution in [2.45, 2.75) is 20.3 Å². The monoisotopic (exact) mass is 353 g/mol. The molecule has 0 N–H and O–H groups in total. The van der Waals surface area contributed by atoms with Gasteiger partial charge in [0, 0.05) is 18.0 Å². The molecule has 1 aromatic carbocycles. The summed E-state index contributed by atoms with van der Waals surface area (Å²) in [6.45, 7) is 4.11. The van der Waals surface area contributed by atoms with Crippen LogP contribution in [0.15, 0.2) is 67.0 Å². The average Bonchev–Trinajstić information content (AvgIpc) is 2.74. The highest BCUT2D eigenvalue weighted by Crippen LogP contribution is 2.23. The number of benzene rings is 1. The van der Waals surface area contributed by atoms with Gasteiger partial charge in [0.25, 0.3) is 0 Å². The average molecular weight is 353 g/mol. The molecule has 0 saturated carbocycles. The Kier molecular flexibility index (Phi) is 4.66. The van der Waals surface area contributed by atoms with Gasteiger partial charge in [0.05, 0.1) is 0 Å². The van der Waals surface area contributed by atoms with Crippen LogP contribution in [0.3, 0.4) is 0 Å². The van der Waals surface area contributed by atoms with Crippen molar-refractivity contribution in [2.24, 2.45) is 0 Å². The van der Waals surface area contributed by atoms with Gasteiger partial charge in [0.2, 0.25) is 0 Å². The molecule has 5 nitrogen and oxygen atoms in total. The van der Waals surface area contributed by atoms with Gasteiger partial charge in [0.15, 0.2) is 17.5 Å². The fourth-order valence-electron chi connectivity index (χ4n) is 2.69. The summed E-state index contributed by atoms with van der Waals surface area (Å²) in [7, 11) is 0. The fraction of sp³-hybridized carbons (Fsp3) is 0.136. The maximum absolute atomic E-state index is 4.66. The Morgan fingerprint density at radius 3 is 1.85 bits per heavy atom. The molecular formula is C22H19N5. The molecule has 0 aliphatic heterocycles. The highest BCUT2D eigenvalue weighted by atomic mass is 15.1. The second-order valence-corrected chi connectivity index (χ2v) is 6.30. The minimum atomic E-state index is 0.542. The van der Waals surface area contributed by atoms with Crippen molar-refractivity contribution in [2.75, 3.05) is 0 Å². The zero-order valence-electron chi connectivity index (χ0n) is 15.3. The lowest BCUT2D eigenvalue weighted by molar-refractivity contribution is 1.04. The number of pyridine rings is 2. The highest BCUT2D eigenvalue weighted by molar-refractivity contribution is 5.63. The largest absolute Gasteiger partial charge is 0.253 e. The van der Waals surface area contributed by atoms with Crippen molar-refractivity contribution in [3.05, 3.63) is 78.1 Å². The number of hydrogen-bond acceptors (Lipinski definition) is 5. The summed E-state index contributed by atoms with van der Waals surface area (Å²) in [6, 6.07) is 17.8. The Hall–Kier alpha value is -3.47. The van der Waals surface area contributed by atoms with Crippen molar-refractivity contribution in [1.82, 2.24) is 24.9 Å². The van der Waals surface area contributed by atoms with E-state index in [9.17, 15) is 0 Å². The Bertz CT molecular complexity index is 1040. The van der Waals surface area contributed by atoms with E-state index in [0.29, 0.717) is 23.2 Å². The van der Waals surface area contributed by atoms with Crippen LogP contribution in [0.4, 0.5) is 0 Å². The lowest BCUT2D eigenvalue weighted by Crippen LogP contribution is -2.02. The van der Waals surface area contributed by atoms with Crippen LogP contribution in [0.25, 0.3) is 34.4 Å². The smallest absolute Gasteiger partial charge is 0.182 e. The number of hydrogen-bond donors (Lipinski definition) is 0. The Labute approximate surface area is 158 Å². The van der Waals surface area contributed by atoms with Crippen LogP contribution in [0.1, 0.15) is 18.1 Å². The van der Waals surface area contributed by atoms with E-state index in [-0.39, 0.29) is 0 Å². The van der Waals surface area contributed by atoms with Crippen molar-refractivity contribution in [1.29, 1.82) is 0 Å². The standard InChI is InChI=1S/C22H19N5/c1-3-16-10-12-19(24-14-16)22-26-20(17-7-5-4-6-8-17)25-21(27-22)18-11-9-15(2)13-23-18/h4-14H,3H2,1-2H3. The van der Waals surface area contributed by atoms with Crippen LogP contribution in [-0.2, 0) is 6.42 Å². The van der Waals surface area contributed by atoms with E-state index in [0.717, 1.165) is 23.2 Å². The molecular weight excluding hydrogens is 334 g/mol. The molecule has 0 atom stereocenters. The first kappa shape index (κ1) is 17.0. The van der Waals surface area contributed by atoms with Crippen molar-refractivity contribution in [3.8, 4) is 34.4 Å². The van der Waals surface area contributed by atoms with E-state index in [2.05, 4.69) is 37.9 Å². The maximum atomic E-state index is 4.66. The predicted octanol–water partition coefficient (Wildman–Crippen LogP) is 4.53. The third-order valence-corrected chi connectivity index (χ3v) is 4.27. The van der Waals surface area contributed by atoms with Gasteiger partial charge in [-0.3, -0.25) is 9.97 Å². The van der Waals surface area contributed by atoms with Gasteiger partial charge in [-0.15, -0.1) is 0 Å². The molecule has 27 heavy (non-hydrogen) atoms. The molecule has 3 heterocycles. The Morgan fingerprint density at radius 2 is 1.30 bits per heavy atom. The molecule has 0 amide bonds. The van der Waals surface area contributed by atoms with E-state index in [1.807, 2.05) is 67.8 Å². The number of aromatic nitrogens is 5. The minimum absolute atomic E-state index is 0.542. The first-order valence-electron chi connectivity index (χ1n) is 8.93. The van der Waals surface area contributed by atoms with Crippen molar-refractivity contribution < 1.29 is 0 Å². The quantitative estimate of drug-likeness (QED) is 0.539. The molecule has 0 bridgehead atoms. The lowest BCUT2D eigenvalue weighted by atomic mass is 10.2. The van der Waals surface area contributed by atoms with E-state index in [1.54, 1.807) is 0 Å². The van der Waals surface area contributed by atoms with Crippen molar-refractivity contribution >= 4 is 0 Å². The molecule has 3 aromatic heterocycles. The molecule has 0 saturated heterocycles. The predicted molar refractivity (Wildman–Crippen MR) is 106 cm³/mol. The topological polar surface area (TPSA) is 64.5 Å². The molecule has 0 fully saturated rings. The molecule has 4 rings (SSSR count). The molecule has 0 aliphatic carbocycles. The molecule has 0 unspecified atom stereocenters. The molecule has 5 heteroatoms. The summed E-state index contributed by atoms with van der Waals surface area (Å²) >= 11 is 0. The highest BCUT2D eigenvalue weighted by Gasteiger charge is 2.13. The van der Waals surface area contributed by atoms with Crippen LogP contribution in [0.2, 0.25) is 0 Å². The number of rotatable bonds is 4. The third kappa shape index (κ3) is 3.72. The molecule has 0 aliphatic rings. The summed E-state index contributed by atoms with van der Waals surface area (Å²) in [5.74, 6) is 1.70. The SMILES string of the molecule is CCc1ccc(-c2nc(-c3ccccc3)nc(-c3ccc(C)cn3)n2)nc1. The second kappa shape index (κ2) is 7.41. The molecule has 0 spiro atoms. The van der Waals surface area contributed by atoms with E-state index in [1.165, 1.54) is 5.56 Å².